The minimum atomic E-state index is -0.845. The summed E-state index contributed by atoms with van der Waals surface area (Å²) in [5, 5.41) is 14.5. The summed E-state index contributed by atoms with van der Waals surface area (Å²) in [7, 11) is 1.75. The summed E-state index contributed by atoms with van der Waals surface area (Å²) >= 11 is 0. The zero-order valence-corrected chi connectivity index (χ0v) is 13.3. The van der Waals surface area contributed by atoms with Crippen molar-refractivity contribution >= 4 is 17.8 Å². The van der Waals surface area contributed by atoms with E-state index in [2.05, 4.69) is 10.6 Å². The Bertz CT molecular complexity index is 394. The molecule has 22 heavy (non-hydrogen) atoms. The van der Waals surface area contributed by atoms with Crippen molar-refractivity contribution in [1.29, 1.82) is 0 Å². The van der Waals surface area contributed by atoms with Crippen LogP contribution in [0.1, 0.15) is 19.8 Å². The molecule has 0 radical (unpaired) electrons. The van der Waals surface area contributed by atoms with E-state index in [-0.39, 0.29) is 24.4 Å². The lowest BCUT2D eigenvalue weighted by molar-refractivity contribution is -0.138. The van der Waals surface area contributed by atoms with Gasteiger partial charge in [0, 0.05) is 32.7 Å². The van der Waals surface area contributed by atoms with Crippen LogP contribution in [0, 0.1) is 0 Å². The molecule has 8 nitrogen and oxygen atoms in total. The molecule has 1 aliphatic heterocycles. The number of rotatable bonds is 8. The largest absolute Gasteiger partial charge is 0.480 e. The first-order valence-electron chi connectivity index (χ1n) is 7.58. The first-order chi connectivity index (χ1) is 10.4. The van der Waals surface area contributed by atoms with Crippen LogP contribution >= 0.6 is 0 Å². The van der Waals surface area contributed by atoms with Crippen molar-refractivity contribution in [2.75, 3.05) is 46.3 Å². The van der Waals surface area contributed by atoms with Gasteiger partial charge in [0.2, 0.25) is 0 Å². The van der Waals surface area contributed by atoms with E-state index < -0.39 is 5.97 Å². The summed E-state index contributed by atoms with van der Waals surface area (Å²) in [6, 6.07) is -0.282. The Balaban J connectivity index is 2.19. The molecule has 1 saturated heterocycles. The maximum absolute atomic E-state index is 12.0. The van der Waals surface area contributed by atoms with E-state index in [1.165, 1.54) is 0 Å². The Hall–Kier alpha value is -1.67. The van der Waals surface area contributed by atoms with Gasteiger partial charge in [0.25, 0.3) is 0 Å². The SMILES string of the molecule is CN[C@@H](CCCNC(=O)N1CCN(CC(=O)O)CC1)C(C)=O. The van der Waals surface area contributed by atoms with E-state index in [0.717, 1.165) is 6.42 Å². The highest BCUT2D eigenvalue weighted by atomic mass is 16.4. The van der Waals surface area contributed by atoms with Crippen LogP contribution in [0.25, 0.3) is 0 Å². The minimum Gasteiger partial charge on any atom is -0.480 e. The number of Topliss-reactive ketones (excluding diaryl/α,β-unsaturated/α-hetero) is 1. The van der Waals surface area contributed by atoms with E-state index in [0.29, 0.717) is 39.1 Å². The number of hydrogen-bond donors (Lipinski definition) is 3. The monoisotopic (exact) mass is 314 g/mol. The zero-order valence-electron chi connectivity index (χ0n) is 13.3. The van der Waals surface area contributed by atoms with Crippen LogP contribution in [0.5, 0.6) is 0 Å². The first-order valence-corrected chi connectivity index (χ1v) is 7.58. The van der Waals surface area contributed by atoms with Gasteiger partial charge in [-0.05, 0) is 26.8 Å². The van der Waals surface area contributed by atoms with E-state index in [1.807, 2.05) is 4.90 Å². The first kappa shape index (κ1) is 18.4. The van der Waals surface area contributed by atoms with Crippen molar-refractivity contribution < 1.29 is 19.5 Å². The van der Waals surface area contributed by atoms with Crippen LogP contribution in [0.3, 0.4) is 0 Å². The molecule has 126 valence electrons. The number of ketones is 1. The Kier molecular flexibility index (Phi) is 7.83. The molecule has 8 heteroatoms. The van der Waals surface area contributed by atoms with Gasteiger partial charge in [-0.3, -0.25) is 14.5 Å². The molecule has 1 heterocycles. The van der Waals surface area contributed by atoms with Gasteiger partial charge in [0.05, 0.1) is 12.6 Å². The zero-order chi connectivity index (χ0) is 16.5. The Morgan fingerprint density at radius 2 is 1.82 bits per heavy atom. The Morgan fingerprint density at radius 3 is 2.32 bits per heavy atom. The fourth-order valence-electron chi connectivity index (χ4n) is 2.46. The number of amides is 2. The van der Waals surface area contributed by atoms with Gasteiger partial charge in [-0.25, -0.2) is 4.79 Å². The topological polar surface area (TPSA) is 102 Å². The third kappa shape index (κ3) is 6.40. The third-order valence-corrected chi connectivity index (χ3v) is 3.80. The molecule has 0 aromatic heterocycles. The number of urea groups is 1. The molecule has 0 spiro atoms. The van der Waals surface area contributed by atoms with Crippen LogP contribution in [-0.2, 0) is 9.59 Å². The molecular formula is C14H26N4O4. The van der Waals surface area contributed by atoms with Crippen LogP contribution in [0.4, 0.5) is 4.79 Å². The fraction of sp³-hybridized carbons (Fsp3) is 0.786. The third-order valence-electron chi connectivity index (χ3n) is 3.80. The summed E-state index contributed by atoms with van der Waals surface area (Å²) in [6.07, 6.45) is 1.42. The number of nitrogens with one attached hydrogen (secondary N) is 2. The molecule has 2 amide bonds. The average Bonchev–Trinajstić information content (AvgIpc) is 2.46. The molecule has 1 atom stereocenters. The summed E-state index contributed by atoms with van der Waals surface area (Å²) in [5.74, 6) is -0.745. The van der Waals surface area contributed by atoms with Crippen LogP contribution < -0.4 is 10.6 Å². The second-order valence-electron chi connectivity index (χ2n) is 5.48. The van der Waals surface area contributed by atoms with E-state index >= 15 is 0 Å². The molecule has 0 bridgehead atoms. The molecule has 0 unspecified atom stereocenters. The molecule has 1 fully saturated rings. The van der Waals surface area contributed by atoms with Crippen molar-refractivity contribution in [2.24, 2.45) is 0 Å². The molecular weight excluding hydrogens is 288 g/mol. The van der Waals surface area contributed by atoms with Crippen LogP contribution in [-0.4, -0.2) is 85.0 Å². The van der Waals surface area contributed by atoms with Crippen molar-refractivity contribution in [2.45, 2.75) is 25.8 Å². The van der Waals surface area contributed by atoms with Crippen molar-refractivity contribution in [3.8, 4) is 0 Å². The van der Waals surface area contributed by atoms with Gasteiger partial charge < -0.3 is 20.6 Å². The standard InChI is InChI=1S/C14H26N4O4/c1-11(19)12(15-2)4-3-5-16-14(22)18-8-6-17(7-9-18)10-13(20)21/h12,15H,3-10H2,1-2H3,(H,16,22)(H,20,21)/t12-/m0/s1. The number of piperazine rings is 1. The van der Waals surface area contributed by atoms with Gasteiger partial charge in [0.15, 0.2) is 0 Å². The maximum atomic E-state index is 12.0. The smallest absolute Gasteiger partial charge is 0.317 e. The van der Waals surface area contributed by atoms with Crippen molar-refractivity contribution in [1.82, 2.24) is 20.4 Å². The Labute approximate surface area is 130 Å². The number of nitrogens with zero attached hydrogens (tertiary/aromatic N) is 2. The predicted octanol–water partition coefficient (Wildman–Crippen LogP) is -0.645. The number of likely N-dealkylation sites (N-methyl/N-ethyl adjacent to an activating group) is 1. The van der Waals surface area contributed by atoms with E-state index in [4.69, 9.17) is 5.11 Å². The van der Waals surface area contributed by atoms with Gasteiger partial charge in [-0.15, -0.1) is 0 Å². The predicted molar refractivity (Wildman–Crippen MR) is 81.8 cm³/mol. The van der Waals surface area contributed by atoms with E-state index in [9.17, 15) is 14.4 Å². The number of carbonyl (C=O) groups is 3. The molecule has 0 aromatic carbocycles. The summed E-state index contributed by atoms with van der Waals surface area (Å²) in [5.41, 5.74) is 0. The second-order valence-corrected chi connectivity index (χ2v) is 5.48. The van der Waals surface area contributed by atoms with Crippen LogP contribution in [0.2, 0.25) is 0 Å². The van der Waals surface area contributed by atoms with Crippen molar-refractivity contribution in [3.63, 3.8) is 0 Å². The minimum absolute atomic E-state index is 0.0198. The molecule has 0 aliphatic carbocycles. The lowest BCUT2D eigenvalue weighted by atomic mass is 10.1. The lowest BCUT2D eigenvalue weighted by Crippen LogP contribution is -2.52. The number of carbonyl (C=O) groups excluding carboxylic acids is 2. The number of aliphatic carboxylic acids is 1. The maximum Gasteiger partial charge on any atom is 0.317 e. The normalized spacial score (nSPS) is 17.1. The molecule has 0 aromatic rings. The summed E-state index contributed by atoms with van der Waals surface area (Å²) < 4.78 is 0. The number of carboxylic acids is 1. The molecule has 1 aliphatic rings. The molecule has 0 saturated carbocycles. The van der Waals surface area contributed by atoms with Gasteiger partial charge >= 0.3 is 12.0 Å². The van der Waals surface area contributed by atoms with Crippen molar-refractivity contribution in [3.05, 3.63) is 0 Å². The Morgan fingerprint density at radius 1 is 1.18 bits per heavy atom. The highest BCUT2D eigenvalue weighted by Crippen LogP contribution is 2.02. The highest BCUT2D eigenvalue weighted by molar-refractivity contribution is 5.81. The fourth-order valence-corrected chi connectivity index (χ4v) is 2.46. The summed E-state index contributed by atoms with van der Waals surface area (Å²) in [6.45, 7) is 4.32. The number of carboxylic acid groups (broad SMARTS) is 1. The van der Waals surface area contributed by atoms with Gasteiger partial charge in [-0.2, -0.15) is 0 Å². The lowest BCUT2D eigenvalue weighted by Gasteiger charge is -2.33. The van der Waals surface area contributed by atoms with Gasteiger partial charge in [-0.1, -0.05) is 0 Å². The van der Waals surface area contributed by atoms with Crippen LogP contribution in [0.15, 0.2) is 0 Å². The average molecular weight is 314 g/mol. The van der Waals surface area contributed by atoms with Gasteiger partial charge in [0.1, 0.15) is 5.78 Å². The number of hydrogen-bond acceptors (Lipinski definition) is 5. The molecule has 3 N–H and O–H groups in total. The molecule has 1 rings (SSSR count). The quantitative estimate of drug-likeness (QED) is 0.515. The summed E-state index contributed by atoms with van der Waals surface area (Å²) in [4.78, 5) is 37.4. The highest BCUT2D eigenvalue weighted by Gasteiger charge is 2.22. The van der Waals surface area contributed by atoms with E-state index in [1.54, 1.807) is 18.9 Å². The second kappa shape index (κ2) is 9.37.